The number of likely N-dealkylation sites (N-methyl/N-ethyl adjacent to an activating group) is 1. The highest BCUT2D eigenvalue weighted by atomic mass is 16.2. The van der Waals surface area contributed by atoms with Gasteiger partial charge in [-0.05, 0) is 31.0 Å². The van der Waals surface area contributed by atoms with E-state index in [1.165, 1.54) is 17.7 Å². The van der Waals surface area contributed by atoms with Crippen molar-refractivity contribution in [1.82, 2.24) is 4.90 Å². The highest BCUT2D eigenvalue weighted by Gasteiger charge is 2.34. The summed E-state index contributed by atoms with van der Waals surface area (Å²) in [6.07, 6.45) is 2.71. The fraction of sp³-hybridized carbons (Fsp3) is 0.500. The molecule has 0 unspecified atom stereocenters. The lowest BCUT2D eigenvalue weighted by Crippen LogP contribution is -2.47. The Kier molecular flexibility index (Phi) is 2.79. The van der Waals surface area contributed by atoms with Crippen LogP contribution in [0.3, 0.4) is 0 Å². The maximum atomic E-state index is 11.8. The van der Waals surface area contributed by atoms with Crippen molar-refractivity contribution in [3.8, 4) is 0 Å². The van der Waals surface area contributed by atoms with Crippen molar-refractivity contribution < 1.29 is 9.59 Å². The van der Waals surface area contributed by atoms with E-state index in [1.54, 1.807) is 13.1 Å². The molecule has 2 fully saturated rings. The molecule has 1 saturated carbocycles. The van der Waals surface area contributed by atoms with Gasteiger partial charge in [0, 0.05) is 45.0 Å². The standard InChI is InChI=1S/C16H19N3O2/c1-17-14-10-12(4-5-13(14)15(20)16(17)21)19-8-6-18(7-9-19)11-2-3-11/h4-5,10-11H,2-3,6-9H2,1H3. The minimum Gasteiger partial charge on any atom is -0.369 e. The van der Waals surface area contributed by atoms with Gasteiger partial charge in [-0.15, -0.1) is 0 Å². The molecule has 1 saturated heterocycles. The van der Waals surface area contributed by atoms with Gasteiger partial charge in [-0.3, -0.25) is 14.5 Å². The first kappa shape index (κ1) is 12.8. The van der Waals surface area contributed by atoms with Gasteiger partial charge in [0.1, 0.15) is 0 Å². The van der Waals surface area contributed by atoms with E-state index in [4.69, 9.17) is 0 Å². The molecule has 0 aromatic heterocycles. The average Bonchev–Trinajstić information content (AvgIpc) is 3.34. The van der Waals surface area contributed by atoms with Gasteiger partial charge in [-0.25, -0.2) is 0 Å². The topological polar surface area (TPSA) is 43.9 Å². The third kappa shape index (κ3) is 2.03. The summed E-state index contributed by atoms with van der Waals surface area (Å²) in [7, 11) is 1.67. The number of rotatable bonds is 2. The van der Waals surface area contributed by atoms with Crippen LogP contribution >= 0.6 is 0 Å². The summed E-state index contributed by atoms with van der Waals surface area (Å²) in [5.41, 5.74) is 2.38. The Hall–Kier alpha value is -1.88. The number of carbonyl (C=O) groups excluding carboxylic acids is 2. The second kappa shape index (κ2) is 4.56. The van der Waals surface area contributed by atoms with Crippen molar-refractivity contribution in [2.45, 2.75) is 18.9 Å². The van der Waals surface area contributed by atoms with Gasteiger partial charge in [0.25, 0.3) is 11.7 Å². The minimum absolute atomic E-state index is 0.391. The first-order chi connectivity index (χ1) is 10.1. The summed E-state index contributed by atoms with van der Waals surface area (Å²) in [5, 5.41) is 0. The molecule has 1 amide bonds. The molecular weight excluding hydrogens is 266 g/mol. The lowest BCUT2D eigenvalue weighted by Gasteiger charge is -2.36. The van der Waals surface area contributed by atoms with E-state index in [0.717, 1.165) is 43.6 Å². The van der Waals surface area contributed by atoms with E-state index < -0.39 is 11.7 Å². The van der Waals surface area contributed by atoms with Crippen LogP contribution in [-0.4, -0.2) is 55.9 Å². The first-order valence-electron chi connectivity index (χ1n) is 7.60. The number of benzene rings is 1. The molecule has 3 aliphatic rings. The quantitative estimate of drug-likeness (QED) is 0.764. The molecule has 4 rings (SSSR count). The summed E-state index contributed by atoms with van der Waals surface area (Å²) < 4.78 is 0. The van der Waals surface area contributed by atoms with Crippen molar-refractivity contribution in [2.75, 3.05) is 43.0 Å². The molecule has 1 aliphatic carbocycles. The average molecular weight is 285 g/mol. The molecule has 0 radical (unpaired) electrons. The van der Waals surface area contributed by atoms with E-state index in [2.05, 4.69) is 9.80 Å². The first-order valence-corrected chi connectivity index (χ1v) is 7.60. The number of Topliss-reactive ketones (excluding diaryl/α,β-unsaturated/α-hetero) is 1. The molecule has 0 spiro atoms. The summed E-state index contributed by atoms with van der Waals surface area (Å²) in [4.78, 5) is 29.9. The second-order valence-electron chi connectivity index (χ2n) is 6.15. The molecule has 1 aromatic carbocycles. The number of carbonyl (C=O) groups is 2. The normalized spacial score (nSPS) is 22.9. The summed E-state index contributed by atoms with van der Waals surface area (Å²) in [6.45, 7) is 4.24. The van der Waals surface area contributed by atoms with E-state index in [1.807, 2.05) is 12.1 Å². The number of hydrogen-bond acceptors (Lipinski definition) is 4. The van der Waals surface area contributed by atoms with Crippen LogP contribution in [0.1, 0.15) is 23.2 Å². The Morgan fingerprint density at radius 1 is 1.05 bits per heavy atom. The molecule has 0 N–H and O–H groups in total. The maximum Gasteiger partial charge on any atom is 0.299 e. The van der Waals surface area contributed by atoms with Gasteiger partial charge in [-0.1, -0.05) is 0 Å². The number of nitrogens with zero attached hydrogens (tertiary/aromatic N) is 3. The van der Waals surface area contributed by atoms with E-state index in [9.17, 15) is 9.59 Å². The zero-order valence-corrected chi connectivity index (χ0v) is 12.2. The number of amides is 1. The third-order valence-corrected chi connectivity index (χ3v) is 4.83. The number of ketones is 1. The fourth-order valence-corrected chi connectivity index (χ4v) is 3.35. The zero-order valence-electron chi connectivity index (χ0n) is 12.2. The Morgan fingerprint density at radius 2 is 1.76 bits per heavy atom. The van der Waals surface area contributed by atoms with Gasteiger partial charge in [0.15, 0.2) is 0 Å². The largest absolute Gasteiger partial charge is 0.369 e. The van der Waals surface area contributed by atoms with Crippen molar-refractivity contribution in [3.05, 3.63) is 23.8 Å². The van der Waals surface area contributed by atoms with Crippen LogP contribution in [0.15, 0.2) is 18.2 Å². The molecular formula is C16H19N3O2. The van der Waals surface area contributed by atoms with Crippen LogP contribution in [0.2, 0.25) is 0 Å². The molecule has 2 aliphatic heterocycles. The van der Waals surface area contributed by atoms with Crippen molar-refractivity contribution in [2.24, 2.45) is 0 Å². The Balaban J connectivity index is 1.54. The number of piperazine rings is 1. The van der Waals surface area contributed by atoms with Crippen LogP contribution in [0.4, 0.5) is 11.4 Å². The number of hydrogen-bond donors (Lipinski definition) is 0. The van der Waals surface area contributed by atoms with Crippen molar-refractivity contribution >= 4 is 23.1 Å². The van der Waals surface area contributed by atoms with Gasteiger partial charge < -0.3 is 9.80 Å². The SMILES string of the molecule is CN1C(=O)C(=O)c2ccc(N3CCN(C4CC4)CC3)cc21. The Bertz CT molecular complexity index is 616. The van der Waals surface area contributed by atoms with Crippen LogP contribution < -0.4 is 9.80 Å². The predicted molar refractivity (Wildman–Crippen MR) is 81.0 cm³/mol. The third-order valence-electron chi connectivity index (χ3n) is 4.83. The van der Waals surface area contributed by atoms with Crippen molar-refractivity contribution in [3.63, 3.8) is 0 Å². The van der Waals surface area contributed by atoms with Crippen LogP contribution in [0.25, 0.3) is 0 Å². The summed E-state index contributed by atoms with van der Waals surface area (Å²) >= 11 is 0. The monoisotopic (exact) mass is 285 g/mol. The van der Waals surface area contributed by atoms with E-state index in [0.29, 0.717) is 5.56 Å². The van der Waals surface area contributed by atoms with Crippen LogP contribution in [0.5, 0.6) is 0 Å². The maximum absolute atomic E-state index is 11.8. The lowest BCUT2D eigenvalue weighted by molar-refractivity contribution is -0.114. The molecule has 1 aromatic rings. The highest BCUT2D eigenvalue weighted by molar-refractivity contribution is 6.52. The minimum atomic E-state index is -0.430. The number of fused-ring (bicyclic) bond motifs is 1. The van der Waals surface area contributed by atoms with Crippen LogP contribution in [-0.2, 0) is 4.79 Å². The molecule has 0 bridgehead atoms. The molecule has 2 heterocycles. The van der Waals surface area contributed by atoms with Crippen molar-refractivity contribution in [1.29, 1.82) is 0 Å². The van der Waals surface area contributed by atoms with E-state index in [-0.39, 0.29) is 0 Å². The van der Waals surface area contributed by atoms with E-state index >= 15 is 0 Å². The molecule has 5 heteroatoms. The smallest absolute Gasteiger partial charge is 0.299 e. The lowest BCUT2D eigenvalue weighted by atomic mass is 10.1. The van der Waals surface area contributed by atoms with Gasteiger partial charge in [0.05, 0.1) is 11.3 Å². The Morgan fingerprint density at radius 3 is 2.43 bits per heavy atom. The summed E-state index contributed by atoms with van der Waals surface area (Å²) in [5.74, 6) is -0.821. The second-order valence-corrected chi connectivity index (χ2v) is 6.15. The van der Waals surface area contributed by atoms with Gasteiger partial charge in [0.2, 0.25) is 0 Å². The fourth-order valence-electron chi connectivity index (χ4n) is 3.35. The van der Waals surface area contributed by atoms with Gasteiger partial charge >= 0.3 is 0 Å². The molecule has 5 nitrogen and oxygen atoms in total. The molecule has 21 heavy (non-hydrogen) atoms. The molecule has 110 valence electrons. The number of anilines is 2. The molecule has 0 atom stereocenters. The highest BCUT2D eigenvalue weighted by Crippen LogP contribution is 2.33. The summed E-state index contributed by atoms with van der Waals surface area (Å²) in [6, 6.07) is 6.57. The Labute approximate surface area is 124 Å². The predicted octanol–water partition coefficient (Wildman–Crippen LogP) is 1.13. The zero-order chi connectivity index (χ0) is 14.6. The van der Waals surface area contributed by atoms with Crippen LogP contribution in [0, 0.1) is 0 Å². The van der Waals surface area contributed by atoms with Gasteiger partial charge in [-0.2, -0.15) is 0 Å².